The number of fused-ring (bicyclic) bond motifs is 9. The number of carbonyl (C=O) groups excluding carboxylic acids is 1. The van der Waals surface area contributed by atoms with Crippen LogP contribution in [0.25, 0.3) is 0 Å². The van der Waals surface area contributed by atoms with Crippen molar-refractivity contribution in [1.82, 2.24) is 9.62 Å². The number of hydrogen-bond acceptors (Lipinski definition) is 7. The van der Waals surface area contributed by atoms with Gasteiger partial charge in [-0.05, 0) is 111 Å². The van der Waals surface area contributed by atoms with E-state index >= 15 is 0 Å². The monoisotopic (exact) mass is 626 g/mol. The highest BCUT2D eigenvalue weighted by Crippen LogP contribution is 2.51. The molecule has 1 amide bonds. The first kappa shape index (κ1) is 29.1. The molecule has 8 nitrogen and oxygen atoms in total. The van der Waals surface area contributed by atoms with Crippen LogP contribution in [0.15, 0.2) is 66.1 Å². The summed E-state index contributed by atoms with van der Waals surface area (Å²) < 4.78 is 35.6. The number of nitrogens with one attached hydrogen (secondary N) is 1. The Morgan fingerprint density at radius 3 is 2.79 bits per heavy atom. The molecular formula is C33H39ClN2O6S. The number of amides is 1. The van der Waals surface area contributed by atoms with E-state index in [9.17, 15) is 23.4 Å². The predicted molar refractivity (Wildman–Crippen MR) is 163 cm³/mol. The van der Waals surface area contributed by atoms with Crippen LogP contribution < -0.4 is 4.72 Å². The number of sulfonamides is 1. The van der Waals surface area contributed by atoms with Crippen LogP contribution in [-0.4, -0.2) is 66.1 Å². The molecule has 1 aromatic carbocycles. The predicted octanol–water partition coefficient (Wildman–Crippen LogP) is 3.89. The fourth-order valence-corrected chi connectivity index (χ4v) is 10.4. The van der Waals surface area contributed by atoms with Gasteiger partial charge in [0.05, 0.1) is 35.5 Å². The van der Waals surface area contributed by atoms with E-state index in [-0.39, 0.29) is 41.2 Å². The number of aliphatic hydroxyl groups excluding tert-OH is 2. The van der Waals surface area contributed by atoms with Gasteiger partial charge in [0.2, 0.25) is 10.0 Å². The molecule has 3 heterocycles. The van der Waals surface area contributed by atoms with Crippen LogP contribution in [0.2, 0.25) is 5.02 Å². The quantitative estimate of drug-likeness (QED) is 0.374. The number of benzene rings is 1. The molecule has 1 spiro atoms. The second-order valence-electron chi connectivity index (χ2n) is 13.3. The van der Waals surface area contributed by atoms with E-state index in [0.29, 0.717) is 26.0 Å². The van der Waals surface area contributed by atoms with Gasteiger partial charge in [0.25, 0.3) is 5.91 Å². The van der Waals surface area contributed by atoms with Crippen molar-refractivity contribution in [3.05, 3.63) is 82.3 Å². The van der Waals surface area contributed by atoms with E-state index in [2.05, 4.69) is 21.8 Å². The standard InChI is InChI=1S/C33H39ClN2O6S/c34-24-8-10-27-21(15-24)4-2-13-33(27)19-42-29-11-7-20-12-14-36(31(29)33)18-23-6-9-26(23)28(38)5-1-3-22-16-25(37)17-30(22)43(40,41)35-32(20)39/h1,5,7-8,10-12,14-15,22-23,25-26,28,30-31,37-38H,2-4,6,9,13,16-19H2,(H,35,39)/b5-1-,14-12-,20-7+,29-11+/t22-,23+,25-,26-,28+,30-,31?,33+/m1/s1. The number of aryl methyl sites for hydroxylation is 1. The van der Waals surface area contributed by atoms with Gasteiger partial charge in [-0.15, -0.1) is 0 Å². The Bertz CT molecular complexity index is 1540. The smallest absolute Gasteiger partial charge is 0.264 e. The molecule has 3 aliphatic carbocycles. The van der Waals surface area contributed by atoms with Gasteiger partial charge < -0.3 is 19.8 Å². The molecule has 230 valence electrons. The molecular weight excluding hydrogens is 588 g/mol. The maximum atomic E-state index is 13.4. The Kier molecular flexibility index (Phi) is 7.51. The number of ether oxygens (including phenoxy) is 1. The van der Waals surface area contributed by atoms with E-state index in [1.54, 1.807) is 18.2 Å². The van der Waals surface area contributed by atoms with Crippen LogP contribution in [0.4, 0.5) is 0 Å². The zero-order valence-corrected chi connectivity index (χ0v) is 25.6. The third-order valence-corrected chi connectivity index (χ3v) is 12.9. The third-order valence-electron chi connectivity index (χ3n) is 10.8. The number of aliphatic hydroxyl groups is 2. The zero-order valence-electron chi connectivity index (χ0n) is 24.1. The lowest BCUT2D eigenvalue weighted by atomic mass is 9.65. The molecule has 10 heteroatoms. The minimum absolute atomic E-state index is 0.0748. The topological polar surface area (TPSA) is 116 Å². The summed E-state index contributed by atoms with van der Waals surface area (Å²) in [5, 5.41) is 21.3. The van der Waals surface area contributed by atoms with Crippen LogP contribution in [0.1, 0.15) is 56.1 Å². The van der Waals surface area contributed by atoms with Crippen molar-refractivity contribution in [1.29, 1.82) is 0 Å². The lowest BCUT2D eigenvalue weighted by Crippen LogP contribution is -2.52. The van der Waals surface area contributed by atoms with Crippen molar-refractivity contribution in [2.24, 2.45) is 17.8 Å². The molecule has 2 bridgehead atoms. The maximum absolute atomic E-state index is 13.4. The summed E-state index contributed by atoms with van der Waals surface area (Å²) in [5.74, 6) is 0.0309. The summed E-state index contributed by atoms with van der Waals surface area (Å²) in [6.07, 6.45) is 15.0. The molecule has 1 aromatic rings. The second-order valence-corrected chi connectivity index (χ2v) is 15.6. The highest BCUT2D eigenvalue weighted by atomic mass is 35.5. The lowest BCUT2D eigenvalue weighted by molar-refractivity contribution is -0.115. The highest BCUT2D eigenvalue weighted by molar-refractivity contribution is 7.90. The van der Waals surface area contributed by atoms with Crippen molar-refractivity contribution in [3.8, 4) is 0 Å². The Morgan fingerprint density at radius 1 is 1.12 bits per heavy atom. The van der Waals surface area contributed by atoms with Crippen LogP contribution >= 0.6 is 11.6 Å². The van der Waals surface area contributed by atoms with Gasteiger partial charge in [-0.25, -0.2) is 13.1 Å². The molecule has 8 atom stereocenters. The van der Waals surface area contributed by atoms with Gasteiger partial charge in [-0.1, -0.05) is 29.8 Å². The minimum atomic E-state index is -4.06. The first-order valence-corrected chi connectivity index (χ1v) is 17.4. The number of rotatable bonds is 0. The third kappa shape index (κ3) is 5.16. The number of allylic oxidation sites excluding steroid dienone is 3. The summed E-state index contributed by atoms with van der Waals surface area (Å²) in [5.41, 5.74) is 2.39. The lowest BCUT2D eigenvalue weighted by Gasteiger charge is -2.47. The summed E-state index contributed by atoms with van der Waals surface area (Å²) in [6.45, 7) is 1.17. The van der Waals surface area contributed by atoms with Crippen LogP contribution in [0, 0.1) is 17.8 Å². The van der Waals surface area contributed by atoms with Crippen LogP contribution in [0.3, 0.4) is 0 Å². The molecule has 6 aliphatic rings. The van der Waals surface area contributed by atoms with Crippen LogP contribution in [0.5, 0.6) is 0 Å². The Hall–Kier alpha value is -2.59. The number of carbonyl (C=O) groups is 1. The van der Waals surface area contributed by atoms with E-state index in [1.165, 1.54) is 11.1 Å². The number of hydrogen-bond donors (Lipinski definition) is 3. The van der Waals surface area contributed by atoms with Crippen LogP contribution in [-0.2, 0) is 31.4 Å². The van der Waals surface area contributed by atoms with Crippen molar-refractivity contribution < 1.29 is 28.2 Å². The average Bonchev–Trinajstić information content (AvgIpc) is 3.48. The summed E-state index contributed by atoms with van der Waals surface area (Å²) in [7, 11) is -4.06. The molecule has 1 saturated heterocycles. The summed E-state index contributed by atoms with van der Waals surface area (Å²) in [6, 6.07) is 6.02. The van der Waals surface area contributed by atoms with Crippen molar-refractivity contribution in [2.75, 3.05) is 13.2 Å². The summed E-state index contributed by atoms with van der Waals surface area (Å²) in [4.78, 5) is 15.7. The SMILES string of the molecule is O=C1NS(=O)(=O)[C@@H]2C[C@H](O)C[C@H]2C/C=C\[C@H](O)[C@@H]2CC[C@H]2CN2\C=C/C1=C\C=C1\OC[C@]3(CCCc4cc(Cl)ccc43)C12. The first-order chi connectivity index (χ1) is 20.6. The largest absolute Gasteiger partial charge is 0.495 e. The Balaban J connectivity index is 1.30. The molecule has 3 fully saturated rings. The molecule has 2 saturated carbocycles. The Labute approximate surface area is 258 Å². The van der Waals surface area contributed by atoms with Gasteiger partial charge in [0.1, 0.15) is 5.76 Å². The van der Waals surface area contributed by atoms with Gasteiger partial charge in [-0.2, -0.15) is 0 Å². The fraction of sp³-hybridized carbons (Fsp3) is 0.545. The number of nitrogens with zero attached hydrogens (tertiary/aromatic N) is 1. The fourth-order valence-electron chi connectivity index (χ4n) is 8.51. The van der Waals surface area contributed by atoms with Gasteiger partial charge in [-0.3, -0.25) is 4.79 Å². The normalized spacial score (nSPS) is 42.3. The van der Waals surface area contributed by atoms with E-state index in [4.69, 9.17) is 16.3 Å². The molecule has 3 aliphatic heterocycles. The van der Waals surface area contributed by atoms with Gasteiger partial charge in [0, 0.05) is 23.3 Å². The van der Waals surface area contributed by atoms with E-state index in [1.807, 2.05) is 24.4 Å². The van der Waals surface area contributed by atoms with E-state index in [0.717, 1.165) is 42.9 Å². The molecule has 43 heavy (non-hydrogen) atoms. The summed E-state index contributed by atoms with van der Waals surface area (Å²) >= 11 is 6.40. The van der Waals surface area contributed by atoms with Gasteiger partial charge >= 0.3 is 0 Å². The number of halogens is 1. The molecule has 1 unspecified atom stereocenters. The van der Waals surface area contributed by atoms with E-state index < -0.39 is 33.4 Å². The molecule has 0 aromatic heterocycles. The van der Waals surface area contributed by atoms with Crippen molar-refractivity contribution >= 4 is 27.5 Å². The minimum Gasteiger partial charge on any atom is -0.495 e. The zero-order chi connectivity index (χ0) is 29.9. The molecule has 3 N–H and O–H groups in total. The second kappa shape index (κ2) is 11.1. The van der Waals surface area contributed by atoms with Crippen molar-refractivity contribution in [3.63, 3.8) is 0 Å². The van der Waals surface area contributed by atoms with Crippen molar-refractivity contribution in [2.45, 2.75) is 80.3 Å². The maximum Gasteiger partial charge on any atom is 0.264 e. The molecule has 0 radical (unpaired) electrons. The highest BCUT2D eigenvalue weighted by Gasteiger charge is 2.54. The first-order valence-electron chi connectivity index (χ1n) is 15.5. The molecule has 7 rings (SSSR count). The van der Waals surface area contributed by atoms with Gasteiger partial charge in [0.15, 0.2) is 0 Å². The average molecular weight is 627 g/mol. The Morgan fingerprint density at radius 2 is 1.98 bits per heavy atom.